The molecule has 1 saturated heterocycles. The van der Waals surface area contributed by atoms with E-state index in [0.717, 1.165) is 24.3 Å². The second-order valence-corrected chi connectivity index (χ2v) is 6.66. The number of ether oxygens (including phenoxy) is 1. The zero-order chi connectivity index (χ0) is 14.7. The van der Waals surface area contributed by atoms with Crippen LogP contribution in [0.2, 0.25) is 0 Å². The van der Waals surface area contributed by atoms with E-state index in [1.807, 2.05) is 0 Å². The van der Waals surface area contributed by atoms with Crippen LogP contribution in [0.25, 0.3) is 0 Å². The van der Waals surface area contributed by atoms with Crippen LogP contribution in [0, 0.1) is 12.8 Å². The fourth-order valence-corrected chi connectivity index (χ4v) is 3.45. The van der Waals surface area contributed by atoms with Gasteiger partial charge in [-0.3, -0.25) is 4.90 Å². The van der Waals surface area contributed by atoms with Gasteiger partial charge in [-0.15, -0.1) is 0 Å². The molecule has 3 nitrogen and oxygen atoms in total. The number of benzene rings is 1. The molecule has 116 valence electrons. The van der Waals surface area contributed by atoms with Crippen molar-refractivity contribution in [2.24, 2.45) is 5.92 Å². The maximum absolute atomic E-state index is 5.37. The maximum Gasteiger partial charge on any atom is 0.121 e. The van der Waals surface area contributed by atoms with Crippen molar-refractivity contribution in [2.75, 3.05) is 26.7 Å². The van der Waals surface area contributed by atoms with Crippen LogP contribution in [0.3, 0.4) is 0 Å². The van der Waals surface area contributed by atoms with Crippen LogP contribution in [0.5, 0.6) is 5.75 Å². The lowest BCUT2D eigenvalue weighted by Gasteiger charge is -2.30. The van der Waals surface area contributed by atoms with Gasteiger partial charge in [0.05, 0.1) is 7.11 Å². The summed E-state index contributed by atoms with van der Waals surface area (Å²) in [4.78, 5) is 2.72. The Morgan fingerprint density at radius 2 is 1.95 bits per heavy atom. The summed E-state index contributed by atoms with van der Waals surface area (Å²) in [5.74, 6) is 1.88. The monoisotopic (exact) mass is 288 g/mol. The van der Waals surface area contributed by atoms with E-state index in [9.17, 15) is 0 Å². The number of hydrogen-bond acceptors (Lipinski definition) is 3. The molecule has 3 heteroatoms. The first-order valence-corrected chi connectivity index (χ1v) is 8.34. The van der Waals surface area contributed by atoms with E-state index in [1.165, 1.54) is 56.4 Å². The molecule has 2 fully saturated rings. The van der Waals surface area contributed by atoms with Crippen molar-refractivity contribution in [3.8, 4) is 5.75 Å². The predicted molar refractivity (Wildman–Crippen MR) is 86.8 cm³/mol. The van der Waals surface area contributed by atoms with Gasteiger partial charge in [-0.2, -0.15) is 0 Å². The number of methoxy groups -OCH3 is 1. The van der Waals surface area contributed by atoms with Crippen LogP contribution >= 0.6 is 0 Å². The van der Waals surface area contributed by atoms with E-state index in [1.54, 1.807) is 7.11 Å². The third-order valence-corrected chi connectivity index (χ3v) is 4.86. The van der Waals surface area contributed by atoms with E-state index in [4.69, 9.17) is 4.74 Å². The molecule has 1 aliphatic carbocycles. The van der Waals surface area contributed by atoms with Crippen molar-refractivity contribution in [3.63, 3.8) is 0 Å². The molecule has 0 radical (unpaired) electrons. The summed E-state index contributed by atoms with van der Waals surface area (Å²) in [6, 6.07) is 7.46. The number of rotatable bonds is 6. The zero-order valence-electron chi connectivity index (χ0n) is 13.4. The van der Waals surface area contributed by atoms with Gasteiger partial charge in [0.25, 0.3) is 0 Å². The minimum absolute atomic E-state index is 0.835. The van der Waals surface area contributed by atoms with Crippen LogP contribution < -0.4 is 10.1 Å². The molecule has 21 heavy (non-hydrogen) atoms. The molecule has 0 aromatic heterocycles. The number of nitrogens with zero attached hydrogens (tertiary/aromatic N) is 1. The van der Waals surface area contributed by atoms with Crippen molar-refractivity contribution in [3.05, 3.63) is 29.3 Å². The third-order valence-electron chi connectivity index (χ3n) is 4.86. The highest BCUT2D eigenvalue weighted by molar-refractivity contribution is 5.36. The summed E-state index contributed by atoms with van der Waals surface area (Å²) < 4.78 is 5.37. The van der Waals surface area contributed by atoms with E-state index >= 15 is 0 Å². The molecule has 1 aromatic carbocycles. The molecule has 0 amide bonds. The van der Waals surface area contributed by atoms with Gasteiger partial charge in [0, 0.05) is 19.1 Å². The average molecular weight is 288 g/mol. The van der Waals surface area contributed by atoms with Gasteiger partial charge < -0.3 is 10.1 Å². The van der Waals surface area contributed by atoms with Crippen LogP contribution in [-0.4, -0.2) is 37.7 Å². The van der Waals surface area contributed by atoms with Crippen LogP contribution in [0.15, 0.2) is 18.2 Å². The van der Waals surface area contributed by atoms with Gasteiger partial charge in [0.2, 0.25) is 0 Å². The first kappa shape index (κ1) is 14.9. The molecule has 2 aliphatic rings. The van der Waals surface area contributed by atoms with Crippen LogP contribution in [0.1, 0.15) is 36.8 Å². The van der Waals surface area contributed by atoms with E-state index < -0.39 is 0 Å². The predicted octanol–water partition coefficient (Wildman–Crippen LogP) is 2.97. The normalized spacial score (nSPS) is 20.0. The second kappa shape index (κ2) is 6.80. The quantitative estimate of drug-likeness (QED) is 0.871. The van der Waals surface area contributed by atoms with Crippen molar-refractivity contribution >= 4 is 0 Å². The standard InChI is InChI=1S/C18H28N2O/c1-14-11-16(3-6-18(14)21-2)13-20(17-4-5-17)12-15-7-9-19-10-8-15/h3,6,11,15,17,19H,4-5,7-10,12-13H2,1-2H3. The highest BCUT2D eigenvalue weighted by Gasteiger charge is 2.30. The van der Waals surface area contributed by atoms with Gasteiger partial charge in [0.15, 0.2) is 0 Å². The van der Waals surface area contributed by atoms with Crippen LogP contribution in [0.4, 0.5) is 0 Å². The van der Waals surface area contributed by atoms with Crippen molar-refractivity contribution in [1.29, 1.82) is 0 Å². The topological polar surface area (TPSA) is 24.5 Å². The Balaban J connectivity index is 1.63. The lowest BCUT2D eigenvalue weighted by Crippen LogP contribution is -2.37. The minimum atomic E-state index is 0.835. The maximum atomic E-state index is 5.37. The Kier molecular flexibility index (Phi) is 4.81. The first-order valence-electron chi connectivity index (χ1n) is 8.34. The molecule has 0 bridgehead atoms. The Labute approximate surface area is 128 Å². The molecule has 3 rings (SSSR count). The number of aryl methyl sites for hydroxylation is 1. The lowest BCUT2D eigenvalue weighted by molar-refractivity contribution is 0.190. The number of nitrogens with one attached hydrogen (secondary N) is 1. The zero-order valence-corrected chi connectivity index (χ0v) is 13.4. The molecule has 0 atom stereocenters. The summed E-state index contributed by atoms with van der Waals surface area (Å²) >= 11 is 0. The molecule has 1 saturated carbocycles. The highest BCUT2D eigenvalue weighted by Crippen LogP contribution is 2.31. The summed E-state index contributed by atoms with van der Waals surface area (Å²) in [5.41, 5.74) is 2.67. The Morgan fingerprint density at radius 3 is 2.57 bits per heavy atom. The van der Waals surface area contributed by atoms with Gasteiger partial charge in [-0.1, -0.05) is 12.1 Å². The molecular weight excluding hydrogens is 260 g/mol. The summed E-state index contributed by atoms with van der Waals surface area (Å²) in [6.07, 6.45) is 5.45. The van der Waals surface area contributed by atoms with Crippen LogP contribution in [-0.2, 0) is 6.54 Å². The largest absolute Gasteiger partial charge is 0.496 e. The fourth-order valence-electron chi connectivity index (χ4n) is 3.45. The molecular formula is C18H28N2O. The Hall–Kier alpha value is -1.06. The van der Waals surface area contributed by atoms with E-state index in [0.29, 0.717) is 0 Å². The molecule has 1 heterocycles. The smallest absolute Gasteiger partial charge is 0.121 e. The fraction of sp³-hybridized carbons (Fsp3) is 0.667. The molecule has 1 aromatic rings. The average Bonchev–Trinajstić information content (AvgIpc) is 3.32. The van der Waals surface area contributed by atoms with Crippen molar-refractivity contribution in [1.82, 2.24) is 10.2 Å². The van der Waals surface area contributed by atoms with Gasteiger partial charge in [-0.05, 0) is 68.8 Å². The molecule has 0 spiro atoms. The molecule has 0 unspecified atom stereocenters. The lowest BCUT2D eigenvalue weighted by atomic mass is 9.97. The SMILES string of the molecule is COc1ccc(CN(CC2CCNCC2)C2CC2)cc1C. The summed E-state index contributed by atoms with van der Waals surface area (Å²) in [6.45, 7) is 6.91. The molecule has 1 N–H and O–H groups in total. The van der Waals surface area contributed by atoms with Gasteiger partial charge in [-0.25, -0.2) is 0 Å². The summed E-state index contributed by atoms with van der Waals surface area (Å²) in [5, 5.41) is 3.47. The molecule has 1 aliphatic heterocycles. The van der Waals surface area contributed by atoms with E-state index in [-0.39, 0.29) is 0 Å². The van der Waals surface area contributed by atoms with Crippen molar-refractivity contribution < 1.29 is 4.74 Å². The second-order valence-electron chi connectivity index (χ2n) is 6.66. The number of piperidine rings is 1. The highest BCUT2D eigenvalue weighted by atomic mass is 16.5. The Morgan fingerprint density at radius 1 is 1.19 bits per heavy atom. The van der Waals surface area contributed by atoms with Gasteiger partial charge >= 0.3 is 0 Å². The van der Waals surface area contributed by atoms with Crippen molar-refractivity contribution in [2.45, 2.75) is 45.2 Å². The summed E-state index contributed by atoms with van der Waals surface area (Å²) in [7, 11) is 1.75. The minimum Gasteiger partial charge on any atom is -0.496 e. The van der Waals surface area contributed by atoms with E-state index in [2.05, 4.69) is 35.3 Å². The third kappa shape index (κ3) is 3.98. The Bertz CT molecular complexity index is 464. The van der Waals surface area contributed by atoms with Gasteiger partial charge in [0.1, 0.15) is 5.75 Å². The number of hydrogen-bond donors (Lipinski definition) is 1. The first-order chi connectivity index (χ1) is 10.3.